The lowest BCUT2D eigenvalue weighted by molar-refractivity contribution is -0.116. The molecule has 0 aliphatic carbocycles. The Balaban J connectivity index is 1.59. The van der Waals surface area contributed by atoms with E-state index in [9.17, 15) is 22.0 Å². The van der Waals surface area contributed by atoms with Gasteiger partial charge in [-0.1, -0.05) is 29.8 Å². The van der Waals surface area contributed by atoms with E-state index < -0.39 is 26.6 Å². The van der Waals surface area contributed by atoms with Crippen LogP contribution in [0.3, 0.4) is 0 Å². The Labute approximate surface area is 173 Å². The Hall–Kier alpha value is -3.26. The predicted octanol–water partition coefficient (Wildman–Crippen LogP) is 4.65. The van der Waals surface area contributed by atoms with Crippen LogP contribution < -0.4 is 10.0 Å². The average Bonchev–Trinajstić information content (AvgIpc) is 2.70. The van der Waals surface area contributed by atoms with Crippen molar-refractivity contribution in [1.29, 1.82) is 0 Å². The summed E-state index contributed by atoms with van der Waals surface area (Å²) in [4.78, 5) is 11.7. The molecule has 0 atom stereocenters. The van der Waals surface area contributed by atoms with Crippen LogP contribution in [0.25, 0.3) is 0 Å². The van der Waals surface area contributed by atoms with Crippen LogP contribution in [-0.2, 0) is 21.2 Å². The molecular weight excluding hydrogens is 410 g/mol. The maximum absolute atomic E-state index is 13.3. The summed E-state index contributed by atoms with van der Waals surface area (Å²) in [6.07, 6.45) is 0.924. The highest BCUT2D eigenvalue weighted by molar-refractivity contribution is 7.92. The largest absolute Gasteiger partial charge is 0.326 e. The third kappa shape index (κ3) is 5.64. The molecule has 0 spiro atoms. The number of sulfonamides is 1. The van der Waals surface area contributed by atoms with E-state index in [-0.39, 0.29) is 11.6 Å². The number of amides is 1. The molecule has 3 rings (SSSR count). The lowest BCUT2D eigenvalue weighted by Gasteiger charge is -2.10. The fraction of sp³-hybridized carbons (Fsp3) is 0.136. The van der Waals surface area contributed by atoms with E-state index in [1.165, 1.54) is 12.1 Å². The lowest BCUT2D eigenvalue weighted by Crippen LogP contribution is -2.14. The number of benzene rings is 3. The molecule has 30 heavy (non-hydrogen) atoms. The van der Waals surface area contributed by atoms with Crippen molar-refractivity contribution in [2.45, 2.75) is 24.7 Å². The highest BCUT2D eigenvalue weighted by Crippen LogP contribution is 2.20. The minimum absolute atomic E-state index is 0.161. The van der Waals surface area contributed by atoms with E-state index in [0.717, 1.165) is 23.3 Å². The van der Waals surface area contributed by atoms with Gasteiger partial charge in [0, 0.05) is 17.8 Å². The van der Waals surface area contributed by atoms with Gasteiger partial charge in [-0.15, -0.1) is 0 Å². The zero-order valence-corrected chi connectivity index (χ0v) is 17.0. The molecule has 0 saturated heterocycles. The molecule has 0 saturated carbocycles. The van der Waals surface area contributed by atoms with Crippen LogP contribution in [0.1, 0.15) is 17.5 Å². The Kier molecular flexibility index (Phi) is 6.47. The maximum atomic E-state index is 13.3. The second-order valence-electron chi connectivity index (χ2n) is 6.80. The lowest BCUT2D eigenvalue weighted by atomic mass is 10.1. The summed E-state index contributed by atoms with van der Waals surface area (Å²) in [7, 11) is -4.08. The van der Waals surface area contributed by atoms with Crippen LogP contribution in [0.4, 0.5) is 20.2 Å². The monoisotopic (exact) mass is 430 g/mol. The molecule has 0 unspecified atom stereocenters. The van der Waals surface area contributed by atoms with Gasteiger partial charge in [0.15, 0.2) is 11.6 Å². The van der Waals surface area contributed by atoms with Crippen molar-refractivity contribution in [3.8, 4) is 0 Å². The molecule has 0 aromatic heterocycles. The van der Waals surface area contributed by atoms with Crippen molar-refractivity contribution in [2.24, 2.45) is 0 Å². The number of aryl methyl sites for hydroxylation is 2. The van der Waals surface area contributed by atoms with E-state index in [1.54, 1.807) is 12.1 Å². The van der Waals surface area contributed by atoms with E-state index in [0.29, 0.717) is 24.6 Å². The van der Waals surface area contributed by atoms with Crippen LogP contribution in [0.2, 0.25) is 0 Å². The maximum Gasteiger partial charge on any atom is 0.261 e. The first-order chi connectivity index (χ1) is 14.2. The molecule has 0 aliphatic heterocycles. The topological polar surface area (TPSA) is 75.3 Å². The summed E-state index contributed by atoms with van der Waals surface area (Å²) in [5.74, 6) is -2.54. The number of rotatable bonds is 7. The van der Waals surface area contributed by atoms with Crippen molar-refractivity contribution in [3.05, 3.63) is 89.5 Å². The van der Waals surface area contributed by atoms with Crippen molar-refractivity contribution in [2.75, 3.05) is 10.0 Å². The molecule has 156 valence electrons. The molecule has 1 amide bonds. The first-order valence-corrected chi connectivity index (χ1v) is 10.6. The van der Waals surface area contributed by atoms with Crippen molar-refractivity contribution < 1.29 is 22.0 Å². The molecule has 0 fully saturated rings. The smallest absolute Gasteiger partial charge is 0.261 e. The zero-order chi connectivity index (χ0) is 21.7. The van der Waals surface area contributed by atoms with Gasteiger partial charge in [-0.3, -0.25) is 9.52 Å². The first-order valence-electron chi connectivity index (χ1n) is 9.16. The Morgan fingerprint density at radius 1 is 0.900 bits per heavy atom. The van der Waals surface area contributed by atoms with E-state index in [4.69, 9.17) is 0 Å². The van der Waals surface area contributed by atoms with Gasteiger partial charge in [-0.2, -0.15) is 0 Å². The van der Waals surface area contributed by atoms with Gasteiger partial charge in [0.05, 0.1) is 4.90 Å². The third-order valence-corrected chi connectivity index (χ3v) is 5.72. The molecule has 5 nitrogen and oxygen atoms in total. The van der Waals surface area contributed by atoms with Gasteiger partial charge in [-0.05, 0) is 61.4 Å². The molecule has 0 aliphatic rings. The van der Waals surface area contributed by atoms with Crippen molar-refractivity contribution in [3.63, 3.8) is 0 Å². The molecular formula is C22H20F2N2O3S. The van der Waals surface area contributed by atoms with Crippen LogP contribution in [0.15, 0.2) is 71.6 Å². The summed E-state index contributed by atoms with van der Waals surface area (Å²) >= 11 is 0. The fourth-order valence-electron chi connectivity index (χ4n) is 2.83. The average molecular weight is 430 g/mol. The zero-order valence-electron chi connectivity index (χ0n) is 16.2. The second-order valence-corrected chi connectivity index (χ2v) is 8.48. The quantitative estimate of drug-likeness (QED) is 0.573. The van der Waals surface area contributed by atoms with Gasteiger partial charge in [-0.25, -0.2) is 17.2 Å². The number of anilines is 2. The highest BCUT2D eigenvalue weighted by Gasteiger charge is 2.16. The van der Waals surface area contributed by atoms with Crippen LogP contribution in [0.5, 0.6) is 0 Å². The summed E-state index contributed by atoms with van der Waals surface area (Å²) in [6.45, 7) is 1.99. The molecule has 0 radical (unpaired) electrons. The van der Waals surface area contributed by atoms with Gasteiger partial charge in [0.1, 0.15) is 0 Å². The highest BCUT2D eigenvalue weighted by atomic mass is 32.2. The molecule has 0 bridgehead atoms. The first kappa shape index (κ1) is 21.4. The normalized spacial score (nSPS) is 11.2. The second kappa shape index (κ2) is 9.04. The summed E-state index contributed by atoms with van der Waals surface area (Å²) < 4.78 is 53.2. The standard InChI is InChI=1S/C22H20F2N2O3S/c1-15-3-2-4-16(13-15)5-12-22(27)25-17-6-8-18(9-7-17)26-30(28,29)19-10-11-20(23)21(24)14-19/h2-4,6-11,13-14,26H,5,12H2,1H3,(H,25,27). The molecule has 3 aromatic rings. The van der Waals surface area contributed by atoms with E-state index in [2.05, 4.69) is 10.0 Å². The fourth-order valence-corrected chi connectivity index (χ4v) is 3.90. The van der Waals surface area contributed by atoms with Gasteiger partial charge >= 0.3 is 0 Å². The summed E-state index contributed by atoms with van der Waals surface area (Å²) in [6, 6.07) is 16.3. The Bertz CT molecular complexity index is 1160. The van der Waals surface area contributed by atoms with Crippen molar-refractivity contribution in [1.82, 2.24) is 0 Å². The minimum Gasteiger partial charge on any atom is -0.326 e. The third-order valence-electron chi connectivity index (χ3n) is 4.35. The molecule has 3 aromatic carbocycles. The van der Waals surface area contributed by atoms with Gasteiger partial charge in [0.2, 0.25) is 5.91 Å². The van der Waals surface area contributed by atoms with E-state index >= 15 is 0 Å². The Morgan fingerprint density at radius 2 is 1.60 bits per heavy atom. The van der Waals surface area contributed by atoms with Crippen LogP contribution >= 0.6 is 0 Å². The molecule has 0 heterocycles. The SMILES string of the molecule is Cc1cccc(CCC(=O)Nc2ccc(NS(=O)(=O)c3ccc(F)c(F)c3)cc2)c1. The van der Waals surface area contributed by atoms with Crippen LogP contribution in [0, 0.1) is 18.6 Å². The summed E-state index contributed by atoms with van der Waals surface area (Å²) in [5, 5.41) is 2.75. The van der Waals surface area contributed by atoms with E-state index in [1.807, 2.05) is 31.2 Å². The summed E-state index contributed by atoms with van der Waals surface area (Å²) in [5.41, 5.74) is 2.94. The van der Waals surface area contributed by atoms with Gasteiger partial charge < -0.3 is 5.32 Å². The number of carbonyl (C=O) groups is 1. The minimum atomic E-state index is -4.08. The molecule has 2 N–H and O–H groups in total. The van der Waals surface area contributed by atoms with Gasteiger partial charge in [0.25, 0.3) is 10.0 Å². The number of nitrogens with one attached hydrogen (secondary N) is 2. The number of hydrogen-bond donors (Lipinski definition) is 2. The Morgan fingerprint density at radius 3 is 2.27 bits per heavy atom. The number of halogens is 2. The number of carbonyl (C=O) groups excluding carboxylic acids is 1. The van der Waals surface area contributed by atoms with Crippen LogP contribution in [-0.4, -0.2) is 14.3 Å². The predicted molar refractivity (Wildman–Crippen MR) is 112 cm³/mol. The van der Waals surface area contributed by atoms with Crippen molar-refractivity contribution >= 4 is 27.3 Å². The number of hydrogen-bond acceptors (Lipinski definition) is 3. The molecule has 8 heteroatoms.